The molecule has 2 unspecified atom stereocenters. The molecule has 0 aromatic heterocycles. The van der Waals surface area contributed by atoms with Crippen LogP contribution in [0.4, 0.5) is 23.7 Å². The van der Waals surface area contributed by atoms with Gasteiger partial charge >= 0.3 is 12.3 Å². The third kappa shape index (κ3) is 5.17. The summed E-state index contributed by atoms with van der Waals surface area (Å²) in [5.74, 6) is 3.94. The van der Waals surface area contributed by atoms with E-state index in [1.54, 1.807) is 27.7 Å². The van der Waals surface area contributed by atoms with E-state index in [0.29, 0.717) is 5.01 Å². The van der Waals surface area contributed by atoms with E-state index in [2.05, 4.69) is 5.16 Å². The molecule has 12 heteroatoms. The predicted octanol–water partition coefficient (Wildman–Crippen LogP) is 6.89. The number of hydrogen-bond acceptors (Lipinski definition) is 5. The highest BCUT2D eigenvalue weighted by Crippen LogP contribution is 2.52. The van der Waals surface area contributed by atoms with Crippen LogP contribution in [0.15, 0.2) is 45.6 Å². The van der Waals surface area contributed by atoms with Gasteiger partial charge in [0, 0.05) is 33.9 Å². The van der Waals surface area contributed by atoms with Gasteiger partial charge in [-0.3, -0.25) is 0 Å². The van der Waals surface area contributed by atoms with Gasteiger partial charge in [-0.15, -0.1) is 0 Å². The molecule has 0 spiro atoms. The van der Waals surface area contributed by atoms with E-state index in [0.717, 1.165) is 0 Å². The van der Waals surface area contributed by atoms with E-state index < -0.39 is 41.7 Å². The van der Waals surface area contributed by atoms with Crippen LogP contribution in [0.3, 0.4) is 0 Å². The average molecular weight is 541 g/mol. The SMILES string of the molecule is CC1C(Cl)=CC(Cl)=CC1[C@@]1(C(F)(F)F)CC(c2ccc(Cl)c(N(N)C(=O)OC(C)(C)C)c2)=NO1. The van der Waals surface area contributed by atoms with Crippen molar-refractivity contribution in [1.29, 1.82) is 0 Å². The molecule has 34 heavy (non-hydrogen) atoms. The first-order valence-corrected chi connectivity index (χ1v) is 11.3. The first-order chi connectivity index (χ1) is 15.6. The lowest BCUT2D eigenvalue weighted by molar-refractivity contribution is -0.286. The van der Waals surface area contributed by atoms with Crippen LogP contribution >= 0.6 is 34.8 Å². The largest absolute Gasteiger partial charge is 0.442 e. The second kappa shape index (κ2) is 9.26. The lowest BCUT2D eigenvalue weighted by Crippen LogP contribution is -2.53. The van der Waals surface area contributed by atoms with E-state index in [4.69, 9.17) is 50.2 Å². The minimum absolute atomic E-state index is 0.00442. The zero-order valence-corrected chi connectivity index (χ0v) is 21.0. The number of oxime groups is 1. The predicted molar refractivity (Wildman–Crippen MR) is 126 cm³/mol. The fourth-order valence-electron chi connectivity index (χ4n) is 3.75. The van der Waals surface area contributed by atoms with Crippen LogP contribution in [0.25, 0.3) is 0 Å². The van der Waals surface area contributed by atoms with Crippen molar-refractivity contribution in [2.75, 3.05) is 5.01 Å². The highest BCUT2D eigenvalue weighted by Gasteiger charge is 2.66. The van der Waals surface area contributed by atoms with Crippen molar-refractivity contribution < 1.29 is 27.5 Å². The van der Waals surface area contributed by atoms with Gasteiger partial charge in [0.05, 0.1) is 16.4 Å². The molecule has 0 bridgehead atoms. The number of rotatable bonds is 3. The van der Waals surface area contributed by atoms with Gasteiger partial charge in [0.25, 0.3) is 0 Å². The molecular formula is C22H23Cl3F3N3O3. The van der Waals surface area contributed by atoms with Gasteiger partial charge in [-0.2, -0.15) is 13.2 Å². The van der Waals surface area contributed by atoms with E-state index in [1.165, 1.54) is 30.4 Å². The fourth-order valence-corrected chi connectivity index (χ4v) is 4.52. The highest BCUT2D eigenvalue weighted by molar-refractivity contribution is 6.35. The van der Waals surface area contributed by atoms with Crippen molar-refractivity contribution in [3.63, 3.8) is 0 Å². The third-order valence-electron chi connectivity index (χ3n) is 5.48. The number of nitrogens with zero attached hydrogens (tertiary/aromatic N) is 2. The molecule has 2 N–H and O–H groups in total. The molecule has 0 radical (unpaired) electrons. The lowest BCUT2D eigenvalue weighted by atomic mass is 9.73. The van der Waals surface area contributed by atoms with Gasteiger partial charge in [-0.1, -0.05) is 59.0 Å². The number of carbonyl (C=O) groups is 1. The molecule has 6 nitrogen and oxygen atoms in total. The summed E-state index contributed by atoms with van der Waals surface area (Å²) in [6.45, 7) is 6.54. The zero-order chi connectivity index (χ0) is 25.6. The first-order valence-electron chi connectivity index (χ1n) is 10.2. The van der Waals surface area contributed by atoms with E-state index in [9.17, 15) is 18.0 Å². The number of hydrazine groups is 1. The minimum Gasteiger partial charge on any atom is -0.442 e. The fraction of sp³-hybridized carbons (Fsp3) is 0.455. The van der Waals surface area contributed by atoms with E-state index in [-0.39, 0.29) is 32.0 Å². The molecule has 1 heterocycles. The Morgan fingerprint density at radius 1 is 1.26 bits per heavy atom. The number of carbonyl (C=O) groups excluding carboxylic acids is 1. The molecule has 186 valence electrons. The zero-order valence-electron chi connectivity index (χ0n) is 18.7. The molecule has 0 saturated carbocycles. The van der Waals surface area contributed by atoms with Crippen LogP contribution in [0, 0.1) is 11.8 Å². The number of benzene rings is 1. The number of amides is 1. The number of ether oxygens (including phenoxy) is 1. The number of anilines is 1. The summed E-state index contributed by atoms with van der Waals surface area (Å²) < 4.78 is 48.5. The van der Waals surface area contributed by atoms with E-state index in [1.807, 2.05) is 0 Å². The average Bonchev–Trinajstić information content (AvgIpc) is 3.16. The van der Waals surface area contributed by atoms with Crippen molar-refractivity contribution in [2.24, 2.45) is 22.8 Å². The maximum Gasteiger partial charge on any atom is 0.431 e. The summed E-state index contributed by atoms with van der Waals surface area (Å²) in [7, 11) is 0. The van der Waals surface area contributed by atoms with Crippen LogP contribution in [0.2, 0.25) is 5.02 Å². The van der Waals surface area contributed by atoms with Gasteiger partial charge in [-0.05, 0) is 39.0 Å². The van der Waals surface area contributed by atoms with Crippen molar-refractivity contribution in [3.8, 4) is 0 Å². The number of halogens is 6. The Balaban J connectivity index is 1.95. The maximum atomic E-state index is 14.4. The summed E-state index contributed by atoms with van der Waals surface area (Å²) in [5, 5.41) is 4.80. The number of allylic oxidation sites excluding steroid dienone is 3. The summed E-state index contributed by atoms with van der Waals surface area (Å²) in [4.78, 5) is 17.5. The molecular weight excluding hydrogens is 518 g/mol. The van der Waals surface area contributed by atoms with Crippen LogP contribution in [-0.2, 0) is 9.57 Å². The summed E-state index contributed by atoms with van der Waals surface area (Å²) >= 11 is 18.4. The van der Waals surface area contributed by atoms with Gasteiger partial charge in [0.1, 0.15) is 5.60 Å². The Labute approximate surface area is 210 Å². The summed E-state index contributed by atoms with van der Waals surface area (Å²) in [6.07, 6.45) is -3.62. The van der Waals surface area contributed by atoms with Gasteiger partial charge < -0.3 is 9.57 Å². The maximum absolute atomic E-state index is 14.4. The number of nitrogens with two attached hydrogens (primary N) is 1. The van der Waals surface area contributed by atoms with Gasteiger partial charge in [-0.25, -0.2) is 15.6 Å². The molecule has 0 fully saturated rings. The molecule has 1 aliphatic heterocycles. The van der Waals surface area contributed by atoms with Gasteiger partial charge in [0.15, 0.2) is 0 Å². The van der Waals surface area contributed by atoms with Crippen LogP contribution in [0.1, 0.15) is 39.7 Å². The monoisotopic (exact) mass is 539 g/mol. The lowest BCUT2D eigenvalue weighted by Gasteiger charge is -2.39. The second-order valence-electron chi connectivity index (χ2n) is 9.11. The number of hydrogen-bond donors (Lipinski definition) is 1. The van der Waals surface area contributed by atoms with Crippen molar-refractivity contribution in [1.82, 2.24) is 0 Å². The van der Waals surface area contributed by atoms with Crippen LogP contribution < -0.4 is 10.9 Å². The molecule has 1 aromatic rings. The third-order valence-corrected chi connectivity index (χ3v) is 6.49. The van der Waals surface area contributed by atoms with Crippen molar-refractivity contribution in [3.05, 3.63) is 51.0 Å². The summed E-state index contributed by atoms with van der Waals surface area (Å²) in [6, 6.07) is 4.20. The smallest absolute Gasteiger partial charge is 0.431 e. The molecule has 2 aliphatic rings. The number of alkyl halides is 3. The Morgan fingerprint density at radius 3 is 2.50 bits per heavy atom. The van der Waals surface area contributed by atoms with E-state index >= 15 is 0 Å². The topological polar surface area (TPSA) is 77.2 Å². The molecule has 3 atom stereocenters. The Bertz CT molecular complexity index is 1080. The highest BCUT2D eigenvalue weighted by atomic mass is 35.5. The molecule has 1 amide bonds. The van der Waals surface area contributed by atoms with Crippen molar-refractivity contribution >= 4 is 52.3 Å². The molecule has 1 aromatic carbocycles. The Kier molecular flexibility index (Phi) is 7.26. The summed E-state index contributed by atoms with van der Waals surface area (Å²) in [5.41, 5.74) is -3.25. The van der Waals surface area contributed by atoms with Crippen LogP contribution in [-0.4, -0.2) is 29.2 Å². The minimum atomic E-state index is -4.80. The first kappa shape index (κ1) is 26.7. The normalized spacial score (nSPS) is 25.2. The van der Waals surface area contributed by atoms with Gasteiger partial charge in [0.2, 0.25) is 5.60 Å². The quantitative estimate of drug-likeness (QED) is 0.257. The Morgan fingerprint density at radius 2 is 1.91 bits per heavy atom. The van der Waals surface area contributed by atoms with Crippen molar-refractivity contribution in [2.45, 2.75) is 51.5 Å². The molecule has 3 rings (SSSR count). The standard InChI is InChI=1S/C22H23Cl3F3N3O3/c1-11-14(8-13(23)9-16(11)25)21(22(26,27)28)10-17(30-34-21)12-5-6-15(24)18(7-12)31(29)19(32)33-20(2,3)4/h5-9,11,14H,10,29H2,1-4H3/t11?,14?,21-/m1/s1. The second-order valence-corrected chi connectivity index (χ2v) is 10.4. The Hall–Kier alpha value is -1.94. The molecule has 0 saturated heterocycles. The molecule has 1 aliphatic carbocycles. The van der Waals surface area contributed by atoms with Crippen LogP contribution in [0.5, 0.6) is 0 Å².